The highest BCUT2D eigenvalue weighted by Gasteiger charge is 2.22. The summed E-state index contributed by atoms with van der Waals surface area (Å²) in [6, 6.07) is 5.60. The molecule has 5 heteroatoms. The quantitative estimate of drug-likeness (QED) is 0.797. The number of hydrogen-bond donors (Lipinski definition) is 0. The minimum Gasteiger partial charge on any atom is -0.464 e. The van der Waals surface area contributed by atoms with Gasteiger partial charge in [0.1, 0.15) is 11.5 Å². The molecule has 1 unspecified atom stereocenters. The molecule has 2 aromatic heterocycles. The van der Waals surface area contributed by atoms with Crippen molar-refractivity contribution in [3.05, 3.63) is 35.9 Å². The van der Waals surface area contributed by atoms with Crippen molar-refractivity contribution in [2.45, 2.75) is 12.8 Å². The lowest BCUT2D eigenvalue weighted by molar-refractivity contribution is 0.0592. The Kier molecular flexibility index (Phi) is 3.44. The Balaban J connectivity index is 1.96. The lowest BCUT2D eigenvalue weighted by Gasteiger charge is -2.11. The van der Waals surface area contributed by atoms with Gasteiger partial charge in [0.25, 0.3) is 0 Å². The van der Waals surface area contributed by atoms with Gasteiger partial charge in [0.2, 0.25) is 0 Å². The van der Waals surface area contributed by atoms with Crippen LogP contribution in [0.25, 0.3) is 5.52 Å². The van der Waals surface area contributed by atoms with E-state index in [1.165, 1.54) is 13.5 Å². The monoisotopic (exact) mass is 273 g/mol. The normalized spacial score (nSPS) is 19.6. The molecule has 0 spiro atoms. The number of hydrogen-bond acceptors (Lipinski definition) is 4. The van der Waals surface area contributed by atoms with Crippen molar-refractivity contribution in [2.75, 3.05) is 27.2 Å². The van der Waals surface area contributed by atoms with Gasteiger partial charge in [-0.25, -0.2) is 9.78 Å². The van der Waals surface area contributed by atoms with E-state index in [-0.39, 0.29) is 5.97 Å². The molecule has 3 rings (SSSR count). The number of aromatic nitrogens is 2. The summed E-state index contributed by atoms with van der Waals surface area (Å²) in [5.41, 5.74) is 1.48. The first-order valence-electron chi connectivity index (χ1n) is 6.91. The van der Waals surface area contributed by atoms with Crippen LogP contribution in [0.4, 0.5) is 0 Å². The molecule has 3 heterocycles. The summed E-state index contributed by atoms with van der Waals surface area (Å²) in [5.74, 6) is 1.23. The molecule has 20 heavy (non-hydrogen) atoms. The Labute approximate surface area is 118 Å². The molecule has 0 N–H and O–H groups in total. The summed E-state index contributed by atoms with van der Waals surface area (Å²) in [4.78, 5) is 18.7. The van der Waals surface area contributed by atoms with Gasteiger partial charge in [-0.05, 0) is 38.1 Å². The van der Waals surface area contributed by atoms with Crippen LogP contribution in [0, 0.1) is 5.92 Å². The van der Waals surface area contributed by atoms with E-state index < -0.39 is 0 Å². The van der Waals surface area contributed by atoms with Crippen LogP contribution < -0.4 is 0 Å². The van der Waals surface area contributed by atoms with Gasteiger partial charge < -0.3 is 9.64 Å². The van der Waals surface area contributed by atoms with E-state index in [4.69, 9.17) is 4.74 Å². The van der Waals surface area contributed by atoms with E-state index in [2.05, 4.69) is 16.9 Å². The Morgan fingerprint density at radius 2 is 2.35 bits per heavy atom. The molecule has 0 aromatic carbocycles. The number of pyridine rings is 1. The summed E-state index contributed by atoms with van der Waals surface area (Å²) in [7, 11) is 3.55. The second-order valence-electron chi connectivity index (χ2n) is 5.46. The molecular formula is C15H19N3O2. The van der Waals surface area contributed by atoms with E-state index in [1.807, 2.05) is 22.7 Å². The Bertz CT molecular complexity index is 635. The van der Waals surface area contributed by atoms with E-state index in [0.29, 0.717) is 11.6 Å². The maximum absolute atomic E-state index is 11.9. The third kappa shape index (κ3) is 2.29. The Hall–Kier alpha value is -1.88. The number of nitrogens with zero attached hydrogens (tertiary/aromatic N) is 3. The third-order valence-electron chi connectivity index (χ3n) is 3.98. The first-order chi connectivity index (χ1) is 9.69. The van der Waals surface area contributed by atoms with Crippen molar-refractivity contribution >= 4 is 11.5 Å². The fourth-order valence-electron chi connectivity index (χ4n) is 2.97. The van der Waals surface area contributed by atoms with Gasteiger partial charge in [0.05, 0.1) is 18.8 Å². The zero-order valence-electron chi connectivity index (χ0n) is 11.9. The average Bonchev–Trinajstić information content (AvgIpc) is 3.05. The highest BCUT2D eigenvalue weighted by Crippen LogP contribution is 2.21. The largest absolute Gasteiger partial charge is 0.464 e. The molecule has 1 fully saturated rings. The molecule has 0 amide bonds. The maximum Gasteiger partial charge on any atom is 0.355 e. The molecule has 2 aromatic rings. The highest BCUT2D eigenvalue weighted by molar-refractivity contribution is 5.88. The zero-order chi connectivity index (χ0) is 14.1. The number of carbonyl (C=O) groups excluding carboxylic acids is 1. The molecule has 1 aliphatic rings. The molecule has 0 aliphatic carbocycles. The number of fused-ring (bicyclic) bond motifs is 1. The number of imidazole rings is 1. The highest BCUT2D eigenvalue weighted by atomic mass is 16.5. The van der Waals surface area contributed by atoms with Gasteiger partial charge in [-0.15, -0.1) is 0 Å². The molecule has 5 nitrogen and oxygen atoms in total. The number of esters is 1. The van der Waals surface area contributed by atoms with E-state index >= 15 is 0 Å². The van der Waals surface area contributed by atoms with Gasteiger partial charge in [0, 0.05) is 13.0 Å². The van der Waals surface area contributed by atoms with Crippen LogP contribution in [0.2, 0.25) is 0 Å². The van der Waals surface area contributed by atoms with Crippen LogP contribution in [0.3, 0.4) is 0 Å². The minimum absolute atomic E-state index is 0.321. The van der Waals surface area contributed by atoms with Crippen LogP contribution in [-0.2, 0) is 11.2 Å². The molecule has 0 saturated carbocycles. The smallest absolute Gasteiger partial charge is 0.355 e. The van der Waals surface area contributed by atoms with Crippen LogP contribution in [0.1, 0.15) is 22.7 Å². The average molecular weight is 273 g/mol. The minimum atomic E-state index is -0.321. The maximum atomic E-state index is 11.9. The van der Waals surface area contributed by atoms with Gasteiger partial charge in [-0.3, -0.25) is 4.40 Å². The zero-order valence-corrected chi connectivity index (χ0v) is 11.9. The Morgan fingerprint density at radius 3 is 3.05 bits per heavy atom. The molecule has 0 bridgehead atoms. The molecule has 1 saturated heterocycles. The summed E-state index contributed by atoms with van der Waals surface area (Å²) >= 11 is 0. The molecular weight excluding hydrogens is 254 g/mol. The van der Waals surface area contributed by atoms with E-state index in [9.17, 15) is 4.79 Å². The Morgan fingerprint density at radius 1 is 1.50 bits per heavy atom. The second kappa shape index (κ2) is 5.25. The predicted octanol–water partition coefficient (Wildman–Crippen LogP) is 1.62. The summed E-state index contributed by atoms with van der Waals surface area (Å²) in [6.45, 7) is 2.23. The number of likely N-dealkylation sites (tertiary alicyclic amines) is 1. The fraction of sp³-hybridized carbons (Fsp3) is 0.467. The van der Waals surface area contributed by atoms with E-state index in [0.717, 1.165) is 30.9 Å². The van der Waals surface area contributed by atoms with Crippen LogP contribution in [0.15, 0.2) is 24.4 Å². The van der Waals surface area contributed by atoms with Gasteiger partial charge in [-0.1, -0.05) is 6.07 Å². The summed E-state index contributed by atoms with van der Waals surface area (Å²) < 4.78 is 6.78. The molecule has 1 atom stereocenters. The van der Waals surface area contributed by atoms with Gasteiger partial charge >= 0.3 is 5.97 Å². The lowest BCUT2D eigenvalue weighted by atomic mass is 10.0. The van der Waals surface area contributed by atoms with Gasteiger partial charge in [-0.2, -0.15) is 0 Å². The SMILES string of the molecule is COC(=O)c1cccc2cnc(CC3CCN(C)C3)n12. The third-order valence-corrected chi connectivity index (χ3v) is 3.98. The van der Waals surface area contributed by atoms with Crippen LogP contribution in [-0.4, -0.2) is 47.5 Å². The topological polar surface area (TPSA) is 46.8 Å². The first kappa shape index (κ1) is 13.1. The van der Waals surface area contributed by atoms with Crippen molar-refractivity contribution in [1.29, 1.82) is 0 Å². The first-order valence-corrected chi connectivity index (χ1v) is 6.91. The number of ether oxygens (including phenoxy) is 1. The summed E-state index contributed by atoms with van der Waals surface area (Å²) in [6.07, 6.45) is 3.90. The van der Waals surface area contributed by atoms with E-state index in [1.54, 1.807) is 6.07 Å². The number of carbonyl (C=O) groups is 1. The van der Waals surface area contributed by atoms with Crippen molar-refractivity contribution in [3.63, 3.8) is 0 Å². The number of rotatable bonds is 3. The van der Waals surface area contributed by atoms with Crippen molar-refractivity contribution < 1.29 is 9.53 Å². The molecule has 1 aliphatic heterocycles. The fourth-order valence-corrected chi connectivity index (χ4v) is 2.97. The van der Waals surface area contributed by atoms with Crippen molar-refractivity contribution in [3.8, 4) is 0 Å². The van der Waals surface area contributed by atoms with Crippen molar-refractivity contribution in [1.82, 2.24) is 14.3 Å². The van der Waals surface area contributed by atoms with Crippen LogP contribution >= 0.6 is 0 Å². The summed E-state index contributed by atoms with van der Waals surface area (Å²) in [5, 5.41) is 0. The van der Waals surface area contributed by atoms with Gasteiger partial charge in [0.15, 0.2) is 0 Å². The molecule has 106 valence electrons. The second-order valence-corrected chi connectivity index (χ2v) is 5.46. The van der Waals surface area contributed by atoms with Crippen LogP contribution in [0.5, 0.6) is 0 Å². The predicted molar refractivity (Wildman–Crippen MR) is 75.8 cm³/mol. The standard InChI is InChI=1S/C15H19N3O2/c1-17-7-6-11(10-17)8-14-16-9-12-4-3-5-13(18(12)14)15(19)20-2/h3-5,9,11H,6-8,10H2,1-2H3. The number of methoxy groups -OCH3 is 1. The van der Waals surface area contributed by atoms with Crippen molar-refractivity contribution in [2.24, 2.45) is 5.92 Å². The molecule has 0 radical (unpaired) electrons. The lowest BCUT2D eigenvalue weighted by Crippen LogP contribution is -2.16.